The number of benzene rings is 1. The van der Waals surface area contributed by atoms with Crippen molar-refractivity contribution in [2.24, 2.45) is 12.8 Å². The minimum Gasteiger partial charge on any atom is -0.324 e. The van der Waals surface area contributed by atoms with Crippen LogP contribution in [0.1, 0.15) is 24.1 Å². The predicted molar refractivity (Wildman–Crippen MR) is 74.1 cm³/mol. The lowest BCUT2D eigenvalue weighted by molar-refractivity contribution is 0.560. The maximum atomic E-state index is 12.0. The Morgan fingerprint density at radius 1 is 1.35 bits per heavy atom. The van der Waals surface area contributed by atoms with Crippen molar-refractivity contribution in [2.45, 2.75) is 24.5 Å². The second kappa shape index (κ2) is 5.70. The fraction of sp³-hybridized carbons (Fsp3) is 0.333. The second-order valence-corrected chi connectivity index (χ2v) is 6.26. The van der Waals surface area contributed by atoms with Crippen LogP contribution >= 0.6 is 0 Å². The Kier molecular flexibility index (Phi) is 4.17. The molecule has 2 aromatic rings. The summed E-state index contributed by atoms with van der Waals surface area (Å²) in [6, 6.07) is 7.44. The van der Waals surface area contributed by atoms with Crippen LogP contribution in [0.3, 0.4) is 0 Å². The van der Waals surface area contributed by atoms with Gasteiger partial charge in [-0.15, -0.1) is 5.10 Å². The Hall–Kier alpha value is -1.77. The van der Waals surface area contributed by atoms with E-state index in [4.69, 9.17) is 5.73 Å². The molecule has 0 radical (unpaired) electrons. The molecule has 1 unspecified atom stereocenters. The van der Waals surface area contributed by atoms with E-state index in [1.165, 1.54) is 17.9 Å². The van der Waals surface area contributed by atoms with E-state index in [0.29, 0.717) is 0 Å². The zero-order valence-corrected chi connectivity index (χ0v) is 12.1. The summed E-state index contributed by atoms with van der Waals surface area (Å²) in [5.41, 5.74) is 7.62. The zero-order valence-electron chi connectivity index (χ0n) is 11.3. The molecule has 108 valence electrons. The van der Waals surface area contributed by atoms with Crippen LogP contribution in [0.25, 0.3) is 0 Å². The number of rotatable bonds is 5. The summed E-state index contributed by atoms with van der Waals surface area (Å²) in [4.78, 5) is 0. The van der Waals surface area contributed by atoms with E-state index >= 15 is 0 Å². The molecular formula is C12H17N5O2S. The normalized spacial score (nSPS) is 13.3. The summed E-state index contributed by atoms with van der Waals surface area (Å²) in [6.45, 7) is 2.10. The fourth-order valence-corrected chi connectivity index (χ4v) is 2.79. The van der Waals surface area contributed by atoms with Crippen molar-refractivity contribution in [2.75, 3.05) is 0 Å². The van der Waals surface area contributed by atoms with Gasteiger partial charge < -0.3 is 5.73 Å². The first kappa shape index (κ1) is 14.6. The highest BCUT2D eigenvalue weighted by atomic mass is 32.2. The molecule has 20 heavy (non-hydrogen) atoms. The Morgan fingerprint density at radius 2 is 2.00 bits per heavy atom. The molecule has 3 N–H and O–H groups in total. The van der Waals surface area contributed by atoms with Crippen LogP contribution in [0, 0.1) is 0 Å². The molecular weight excluding hydrogens is 278 g/mol. The molecule has 1 aromatic heterocycles. The lowest BCUT2D eigenvalue weighted by Gasteiger charge is -2.08. The third-order valence-corrected chi connectivity index (χ3v) is 4.36. The highest BCUT2D eigenvalue weighted by molar-refractivity contribution is 7.89. The van der Waals surface area contributed by atoms with Crippen molar-refractivity contribution < 1.29 is 8.42 Å². The number of aryl methyl sites for hydroxylation is 1. The quantitative estimate of drug-likeness (QED) is 0.826. The van der Waals surface area contributed by atoms with Crippen molar-refractivity contribution in [3.05, 3.63) is 41.6 Å². The van der Waals surface area contributed by atoms with Crippen LogP contribution in [0.5, 0.6) is 0 Å². The smallest absolute Gasteiger partial charge is 0.259 e. The van der Waals surface area contributed by atoms with Gasteiger partial charge in [-0.2, -0.15) is 0 Å². The van der Waals surface area contributed by atoms with Crippen molar-refractivity contribution in [3.63, 3.8) is 0 Å². The molecule has 0 bridgehead atoms. The van der Waals surface area contributed by atoms with E-state index in [0.717, 1.165) is 11.1 Å². The summed E-state index contributed by atoms with van der Waals surface area (Å²) in [5.74, 6) is 0. The topological polar surface area (TPSA) is 103 Å². The van der Waals surface area contributed by atoms with E-state index in [2.05, 4.69) is 15.0 Å². The predicted octanol–water partition coefficient (Wildman–Crippen LogP) is 0.313. The molecule has 0 saturated heterocycles. The lowest BCUT2D eigenvalue weighted by atomic mass is 10.1. The number of nitrogens with two attached hydrogens (primary N) is 1. The molecule has 1 atom stereocenters. The van der Waals surface area contributed by atoms with Crippen LogP contribution < -0.4 is 10.5 Å². The van der Waals surface area contributed by atoms with E-state index in [1.807, 2.05) is 31.2 Å². The highest BCUT2D eigenvalue weighted by Gasteiger charge is 2.18. The van der Waals surface area contributed by atoms with Crippen molar-refractivity contribution in [1.29, 1.82) is 0 Å². The summed E-state index contributed by atoms with van der Waals surface area (Å²) >= 11 is 0. The van der Waals surface area contributed by atoms with Crippen LogP contribution in [-0.2, 0) is 23.6 Å². The van der Waals surface area contributed by atoms with Crippen molar-refractivity contribution in [3.8, 4) is 0 Å². The molecule has 7 nitrogen and oxygen atoms in total. The van der Waals surface area contributed by atoms with Crippen molar-refractivity contribution >= 4 is 10.0 Å². The van der Waals surface area contributed by atoms with Gasteiger partial charge in [-0.25, -0.2) is 17.8 Å². The standard InChI is InChI=1S/C12H17N5O2S/c1-9(13)11-5-3-10(4-6-11)7-15-20(18,19)12-8-14-16-17(12)2/h3-6,8-9,15H,7,13H2,1-2H3. The van der Waals surface area contributed by atoms with Crippen LogP contribution in [0.2, 0.25) is 0 Å². The minimum atomic E-state index is -3.61. The van der Waals surface area contributed by atoms with Crippen LogP contribution in [-0.4, -0.2) is 23.4 Å². The number of nitrogens with one attached hydrogen (secondary N) is 1. The van der Waals surface area contributed by atoms with Gasteiger partial charge in [0.25, 0.3) is 10.0 Å². The number of nitrogens with zero attached hydrogens (tertiary/aromatic N) is 3. The summed E-state index contributed by atoms with van der Waals surface area (Å²) in [7, 11) is -2.08. The molecule has 0 saturated carbocycles. The van der Waals surface area contributed by atoms with E-state index in [9.17, 15) is 8.42 Å². The number of hydrogen-bond acceptors (Lipinski definition) is 5. The van der Waals surface area contributed by atoms with Gasteiger partial charge in [0, 0.05) is 19.6 Å². The molecule has 0 amide bonds. The minimum absolute atomic E-state index is 0.0321. The van der Waals surface area contributed by atoms with Gasteiger partial charge in [0.1, 0.15) is 0 Å². The van der Waals surface area contributed by atoms with Gasteiger partial charge in [-0.1, -0.05) is 29.5 Å². The van der Waals surface area contributed by atoms with Gasteiger partial charge in [0.15, 0.2) is 5.03 Å². The third-order valence-electron chi connectivity index (χ3n) is 2.92. The summed E-state index contributed by atoms with van der Waals surface area (Å²) in [6.07, 6.45) is 1.21. The first-order chi connectivity index (χ1) is 9.40. The average Bonchev–Trinajstić information content (AvgIpc) is 2.84. The number of sulfonamides is 1. The maximum Gasteiger partial charge on any atom is 0.259 e. The highest BCUT2D eigenvalue weighted by Crippen LogP contribution is 2.11. The van der Waals surface area contributed by atoms with Crippen molar-refractivity contribution in [1.82, 2.24) is 19.7 Å². The zero-order chi connectivity index (χ0) is 14.8. The largest absolute Gasteiger partial charge is 0.324 e. The molecule has 0 aliphatic heterocycles. The molecule has 0 aliphatic rings. The molecule has 0 aliphatic carbocycles. The Labute approximate surface area is 117 Å². The summed E-state index contributed by atoms with van der Waals surface area (Å²) in [5, 5.41) is 7.19. The monoisotopic (exact) mass is 295 g/mol. The van der Waals surface area contributed by atoms with Gasteiger partial charge >= 0.3 is 0 Å². The molecule has 0 fully saturated rings. The first-order valence-electron chi connectivity index (χ1n) is 6.09. The number of aromatic nitrogens is 3. The van der Waals surface area contributed by atoms with E-state index in [-0.39, 0.29) is 17.6 Å². The van der Waals surface area contributed by atoms with Gasteiger partial charge in [-0.05, 0) is 18.1 Å². The molecule has 1 heterocycles. The van der Waals surface area contributed by atoms with Gasteiger partial charge in [0.2, 0.25) is 0 Å². The molecule has 0 spiro atoms. The molecule has 8 heteroatoms. The molecule has 2 rings (SSSR count). The summed E-state index contributed by atoms with van der Waals surface area (Å²) < 4.78 is 27.8. The van der Waals surface area contributed by atoms with E-state index in [1.54, 1.807) is 0 Å². The number of hydrogen-bond donors (Lipinski definition) is 2. The first-order valence-corrected chi connectivity index (χ1v) is 7.57. The average molecular weight is 295 g/mol. The lowest BCUT2D eigenvalue weighted by Crippen LogP contribution is -2.25. The van der Waals surface area contributed by atoms with Gasteiger partial charge in [0.05, 0.1) is 6.20 Å². The van der Waals surface area contributed by atoms with Crippen LogP contribution in [0.4, 0.5) is 0 Å². The third kappa shape index (κ3) is 3.21. The van der Waals surface area contributed by atoms with Gasteiger partial charge in [-0.3, -0.25) is 0 Å². The Morgan fingerprint density at radius 3 is 2.50 bits per heavy atom. The Bertz CT molecular complexity index is 676. The second-order valence-electron chi connectivity index (χ2n) is 4.55. The Balaban J connectivity index is 2.07. The maximum absolute atomic E-state index is 12.0. The fourth-order valence-electron chi connectivity index (χ4n) is 1.71. The van der Waals surface area contributed by atoms with E-state index < -0.39 is 10.0 Å². The molecule has 1 aromatic carbocycles. The SMILES string of the molecule is CC(N)c1ccc(CNS(=O)(=O)c2cnnn2C)cc1. The van der Waals surface area contributed by atoms with Crippen LogP contribution in [0.15, 0.2) is 35.5 Å².